The molecule has 0 saturated heterocycles. The van der Waals surface area contributed by atoms with Crippen molar-refractivity contribution in [2.24, 2.45) is 0 Å². The highest BCUT2D eigenvalue weighted by molar-refractivity contribution is 5.82. The Labute approximate surface area is 149 Å². The zero-order valence-corrected chi connectivity index (χ0v) is 15.2. The third-order valence-corrected chi connectivity index (χ3v) is 4.66. The van der Waals surface area contributed by atoms with Crippen LogP contribution < -0.4 is 15.0 Å². The average molecular weight is 338 g/mol. The standard InChI is InChI=1S/C21H26N2O2/c1-15(2)23(19-10-6-4-8-16(19)3)14-21(24)22-18-12-13-25-20-11-7-5-9-17(18)20/h4-11,15,18H,12-14H2,1-3H3,(H,22,24). The van der Waals surface area contributed by atoms with E-state index in [4.69, 9.17) is 4.74 Å². The molecule has 4 nitrogen and oxygen atoms in total. The van der Waals surface area contributed by atoms with Crippen LogP contribution in [0.15, 0.2) is 48.5 Å². The van der Waals surface area contributed by atoms with Crippen LogP contribution >= 0.6 is 0 Å². The molecule has 0 aromatic heterocycles. The molecule has 0 saturated carbocycles. The van der Waals surface area contributed by atoms with E-state index < -0.39 is 0 Å². The molecule has 132 valence electrons. The number of fused-ring (bicyclic) bond motifs is 1. The van der Waals surface area contributed by atoms with Crippen LogP contribution in [0.3, 0.4) is 0 Å². The van der Waals surface area contributed by atoms with E-state index in [2.05, 4.69) is 43.1 Å². The fourth-order valence-corrected chi connectivity index (χ4v) is 3.32. The molecule has 1 N–H and O–H groups in total. The monoisotopic (exact) mass is 338 g/mol. The van der Waals surface area contributed by atoms with Gasteiger partial charge in [0.05, 0.1) is 19.2 Å². The summed E-state index contributed by atoms with van der Waals surface area (Å²) in [5.74, 6) is 0.914. The average Bonchev–Trinajstić information content (AvgIpc) is 2.60. The number of nitrogens with zero attached hydrogens (tertiary/aromatic N) is 1. The van der Waals surface area contributed by atoms with Crippen LogP contribution in [0, 0.1) is 6.92 Å². The number of amides is 1. The summed E-state index contributed by atoms with van der Waals surface area (Å²) in [5, 5.41) is 3.19. The predicted molar refractivity (Wildman–Crippen MR) is 101 cm³/mol. The zero-order chi connectivity index (χ0) is 17.8. The topological polar surface area (TPSA) is 41.6 Å². The second-order valence-corrected chi connectivity index (χ2v) is 6.80. The van der Waals surface area contributed by atoms with E-state index in [-0.39, 0.29) is 18.0 Å². The van der Waals surface area contributed by atoms with Gasteiger partial charge in [-0.05, 0) is 38.5 Å². The van der Waals surface area contributed by atoms with Crippen molar-refractivity contribution in [2.45, 2.75) is 39.3 Å². The van der Waals surface area contributed by atoms with E-state index >= 15 is 0 Å². The molecule has 2 aromatic carbocycles. The highest BCUT2D eigenvalue weighted by Gasteiger charge is 2.24. The lowest BCUT2D eigenvalue weighted by atomic mass is 10.0. The second kappa shape index (κ2) is 7.60. The molecule has 1 aliphatic rings. The Hall–Kier alpha value is -2.49. The van der Waals surface area contributed by atoms with Crippen LogP contribution in [-0.4, -0.2) is 25.1 Å². The van der Waals surface area contributed by atoms with Gasteiger partial charge in [0.2, 0.25) is 5.91 Å². The Kier molecular flexibility index (Phi) is 5.27. The van der Waals surface area contributed by atoms with Crippen molar-refractivity contribution >= 4 is 11.6 Å². The van der Waals surface area contributed by atoms with Crippen molar-refractivity contribution in [1.29, 1.82) is 0 Å². The molecular formula is C21H26N2O2. The molecule has 25 heavy (non-hydrogen) atoms. The lowest BCUT2D eigenvalue weighted by Gasteiger charge is -2.32. The first-order valence-electron chi connectivity index (χ1n) is 8.89. The van der Waals surface area contributed by atoms with Crippen LogP contribution in [0.1, 0.15) is 37.4 Å². The number of ether oxygens (including phenoxy) is 1. The van der Waals surface area contributed by atoms with Crippen LogP contribution in [0.5, 0.6) is 5.75 Å². The Balaban J connectivity index is 1.72. The van der Waals surface area contributed by atoms with Crippen LogP contribution in [-0.2, 0) is 4.79 Å². The number of rotatable bonds is 5. The predicted octanol–water partition coefficient (Wildman–Crippen LogP) is 3.85. The molecule has 3 rings (SSSR count). The molecule has 2 aromatic rings. The van der Waals surface area contributed by atoms with E-state index in [1.807, 2.05) is 36.4 Å². The lowest BCUT2D eigenvalue weighted by Crippen LogP contribution is -2.43. The number of carbonyl (C=O) groups is 1. The van der Waals surface area contributed by atoms with E-state index in [1.54, 1.807) is 0 Å². The zero-order valence-electron chi connectivity index (χ0n) is 15.2. The van der Waals surface area contributed by atoms with Gasteiger partial charge < -0.3 is 15.0 Å². The third-order valence-electron chi connectivity index (χ3n) is 4.66. The minimum absolute atomic E-state index is 0.0170. The minimum Gasteiger partial charge on any atom is -0.493 e. The molecule has 0 fully saturated rings. The quantitative estimate of drug-likeness (QED) is 0.900. The number of nitrogens with one attached hydrogen (secondary N) is 1. The third kappa shape index (κ3) is 3.95. The van der Waals surface area contributed by atoms with Gasteiger partial charge in [0.1, 0.15) is 5.75 Å². The molecule has 1 unspecified atom stereocenters. The van der Waals surface area contributed by atoms with Crippen molar-refractivity contribution in [1.82, 2.24) is 5.32 Å². The van der Waals surface area contributed by atoms with Crippen molar-refractivity contribution < 1.29 is 9.53 Å². The molecule has 0 spiro atoms. The second-order valence-electron chi connectivity index (χ2n) is 6.80. The Morgan fingerprint density at radius 2 is 1.92 bits per heavy atom. The minimum atomic E-state index is 0.0170. The largest absolute Gasteiger partial charge is 0.493 e. The smallest absolute Gasteiger partial charge is 0.240 e. The maximum atomic E-state index is 12.7. The van der Waals surface area contributed by atoms with E-state index in [0.717, 1.165) is 23.4 Å². The number of aryl methyl sites for hydroxylation is 1. The molecule has 1 heterocycles. The van der Waals surface area contributed by atoms with E-state index in [1.165, 1.54) is 5.56 Å². The number of hydrogen-bond donors (Lipinski definition) is 1. The lowest BCUT2D eigenvalue weighted by molar-refractivity contribution is -0.120. The normalized spacial score (nSPS) is 16.1. The van der Waals surface area contributed by atoms with Crippen LogP contribution in [0.4, 0.5) is 5.69 Å². The first kappa shape index (κ1) is 17.3. The van der Waals surface area contributed by atoms with Gasteiger partial charge in [0, 0.05) is 23.7 Å². The maximum Gasteiger partial charge on any atom is 0.240 e. The molecule has 1 atom stereocenters. The Bertz CT molecular complexity index is 742. The summed E-state index contributed by atoms with van der Waals surface area (Å²) in [5.41, 5.74) is 3.36. The molecule has 0 radical (unpaired) electrons. The SMILES string of the molecule is Cc1ccccc1N(CC(=O)NC1CCOc2ccccc21)C(C)C. The Morgan fingerprint density at radius 3 is 2.68 bits per heavy atom. The van der Waals surface area contributed by atoms with Gasteiger partial charge in [-0.2, -0.15) is 0 Å². The first-order chi connectivity index (χ1) is 12.1. The number of carbonyl (C=O) groups excluding carboxylic acids is 1. The summed E-state index contributed by atoms with van der Waals surface area (Å²) >= 11 is 0. The molecule has 0 aliphatic carbocycles. The van der Waals surface area contributed by atoms with Crippen molar-refractivity contribution in [2.75, 3.05) is 18.1 Å². The Morgan fingerprint density at radius 1 is 1.20 bits per heavy atom. The first-order valence-corrected chi connectivity index (χ1v) is 8.89. The summed E-state index contributed by atoms with van der Waals surface area (Å²) in [6.45, 7) is 7.29. The van der Waals surface area contributed by atoms with Crippen molar-refractivity contribution in [3.8, 4) is 5.75 Å². The maximum absolute atomic E-state index is 12.7. The van der Waals surface area contributed by atoms with E-state index in [0.29, 0.717) is 13.2 Å². The summed E-state index contributed by atoms with van der Waals surface area (Å²) < 4.78 is 5.68. The summed E-state index contributed by atoms with van der Waals surface area (Å²) in [7, 11) is 0. The van der Waals surface area contributed by atoms with Gasteiger partial charge in [-0.25, -0.2) is 0 Å². The molecule has 1 aliphatic heterocycles. The van der Waals surface area contributed by atoms with Crippen molar-refractivity contribution in [3.63, 3.8) is 0 Å². The van der Waals surface area contributed by atoms with Gasteiger partial charge in [-0.15, -0.1) is 0 Å². The van der Waals surface area contributed by atoms with Crippen molar-refractivity contribution in [3.05, 3.63) is 59.7 Å². The summed E-state index contributed by atoms with van der Waals surface area (Å²) in [6, 6.07) is 16.4. The van der Waals surface area contributed by atoms with Gasteiger partial charge in [0.25, 0.3) is 0 Å². The fraction of sp³-hybridized carbons (Fsp3) is 0.381. The molecule has 4 heteroatoms. The fourth-order valence-electron chi connectivity index (χ4n) is 3.32. The molecule has 1 amide bonds. The number of hydrogen-bond acceptors (Lipinski definition) is 3. The summed E-state index contributed by atoms with van der Waals surface area (Å²) in [4.78, 5) is 14.9. The van der Waals surface area contributed by atoms with Crippen LogP contribution in [0.2, 0.25) is 0 Å². The number of benzene rings is 2. The van der Waals surface area contributed by atoms with E-state index in [9.17, 15) is 4.79 Å². The van der Waals surface area contributed by atoms with Gasteiger partial charge in [0.15, 0.2) is 0 Å². The number of anilines is 1. The highest BCUT2D eigenvalue weighted by atomic mass is 16.5. The molecule has 0 bridgehead atoms. The van der Waals surface area contributed by atoms with Gasteiger partial charge in [-0.1, -0.05) is 36.4 Å². The van der Waals surface area contributed by atoms with Gasteiger partial charge in [-0.3, -0.25) is 4.79 Å². The van der Waals surface area contributed by atoms with Gasteiger partial charge >= 0.3 is 0 Å². The van der Waals surface area contributed by atoms with Crippen LogP contribution in [0.25, 0.3) is 0 Å². The highest BCUT2D eigenvalue weighted by Crippen LogP contribution is 2.31. The molecular weight excluding hydrogens is 312 g/mol. The number of para-hydroxylation sites is 2. The summed E-state index contributed by atoms with van der Waals surface area (Å²) in [6.07, 6.45) is 0.800.